The first-order valence-corrected chi connectivity index (χ1v) is 10.3. The molecule has 4 rings (SSSR count). The second-order valence-corrected chi connectivity index (χ2v) is 7.78. The van der Waals surface area contributed by atoms with E-state index in [1.165, 1.54) is 10.2 Å². The van der Waals surface area contributed by atoms with Crippen LogP contribution in [0.25, 0.3) is 21.8 Å². The molecule has 4 aromatic rings. The standard InChI is InChI=1S/C24H26N4O2/c1-4-17(3)26-22(29)15-28-24(30)23-20(13-25-28)19-11-7-8-12-21(19)27(23)14-18-10-6-5-9-16(18)2/h5-13,17H,4,14-15H2,1-3H3,(H,26,29)/t17-/m1/s1. The molecule has 6 nitrogen and oxygen atoms in total. The number of carbonyl (C=O) groups excluding carboxylic acids is 1. The summed E-state index contributed by atoms with van der Waals surface area (Å²) in [4.78, 5) is 25.7. The van der Waals surface area contributed by atoms with Gasteiger partial charge in [-0.05, 0) is 37.5 Å². The van der Waals surface area contributed by atoms with Gasteiger partial charge in [-0.1, -0.05) is 49.4 Å². The highest BCUT2D eigenvalue weighted by molar-refractivity contribution is 6.07. The van der Waals surface area contributed by atoms with Crippen molar-refractivity contribution in [3.8, 4) is 0 Å². The lowest BCUT2D eigenvalue weighted by atomic mass is 10.1. The van der Waals surface area contributed by atoms with Crippen LogP contribution in [0.15, 0.2) is 59.5 Å². The lowest BCUT2D eigenvalue weighted by molar-refractivity contribution is -0.122. The van der Waals surface area contributed by atoms with Gasteiger partial charge in [0.1, 0.15) is 12.1 Å². The lowest BCUT2D eigenvalue weighted by Gasteiger charge is -2.13. The van der Waals surface area contributed by atoms with Crippen LogP contribution in [-0.4, -0.2) is 26.3 Å². The summed E-state index contributed by atoms with van der Waals surface area (Å²) in [5, 5.41) is 8.99. The molecule has 0 saturated heterocycles. The smallest absolute Gasteiger partial charge is 0.291 e. The number of nitrogens with one attached hydrogen (secondary N) is 1. The molecule has 0 aliphatic rings. The van der Waals surface area contributed by atoms with E-state index >= 15 is 0 Å². The lowest BCUT2D eigenvalue weighted by Crippen LogP contribution is -2.38. The highest BCUT2D eigenvalue weighted by Crippen LogP contribution is 2.27. The summed E-state index contributed by atoms with van der Waals surface area (Å²) < 4.78 is 3.30. The monoisotopic (exact) mass is 402 g/mol. The molecule has 0 unspecified atom stereocenters. The van der Waals surface area contributed by atoms with Crippen LogP contribution in [0, 0.1) is 6.92 Å². The van der Waals surface area contributed by atoms with Crippen LogP contribution < -0.4 is 10.9 Å². The van der Waals surface area contributed by atoms with Crippen molar-refractivity contribution in [3.05, 3.63) is 76.2 Å². The van der Waals surface area contributed by atoms with Crippen LogP contribution in [0.2, 0.25) is 0 Å². The number of carbonyl (C=O) groups is 1. The van der Waals surface area contributed by atoms with E-state index in [-0.39, 0.29) is 24.1 Å². The third kappa shape index (κ3) is 3.61. The third-order valence-corrected chi connectivity index (χ3v) is 5.68. The number of amides is 1. The minimum atomic E-state index is -0.253. The summed E-state index contributed by atoms with van der Waals surface area (Å²) in [7, 11) is 0. The van der Waals surface area contributed by atoms with Crippen molar-refractivity contribution in [3.63, 3.8) is 0 Å². The number of para-hydroxylation sites is 1. The average Bonchev–Trinajstić information content (AvgIpc) is 3.06. The zero-order valence-electron chi connectivity index (χ0n) is 17.6. The van der Waals surface area contributed by atoms with E-state index in [1.807, 2.05) is 54.8 Å². The molecule has 0 aliphatic carbocycles. The van der Waals surface area contributed by atoms with Gasteiger partial charge >= 0.3 is 0 Å². The molecule has 1 atom stereocenters. The molecule has 0 saturated carbocycles. The summed E-state index contributed by atoms with van der Waals surface area (Å²) in [6.07, 6.45) is 2.53. The molecule has 154 valence electrons. The molecule has 0 aliphatic heterocycles. The Balaban J connectivity index is 1.85. The van der Waals surface area contributed by atoms with Gasteiger partial charge in [0, 0.05) is 28.9 Å². The average molecular weight is 402 g/mol. The Bertz CT molecular complexity index is 1290. The van der Waals surface area contributed by atoms with Crippen LogP contribution in [0.5, 0.6) is 0 Å². The Labute approximate surface area is 175 Å². The van der Waals surface area contributed by atoms with Gasteiger partial charge in [-0.3, -0.25) is 9.59 Å². The van der Waals surface area contributed by atoms with Gasteiger partial charge in [-0.2, -0.15) is 5.10 Å². The molecule has 0 fully saturated rings. The topological polar surface area (TPSA) is 68.9 Å². The van der Waals surface area contributed by atoms with Crippen molar-refractivity contribution in [1.82, 2.24) is 19.7 Å². The fraction of sp³-hybridized carbons (Fsp3) is 0.292. The number of hydrogen-bond acceptors (Lipinski definition) is 3. The highest BCUT2D eigenvalue weighted by atomic mass is 16.2. The third-order valence-electron chi connectivity index (χ3n) is 5.68. The molecule has 0 bridgehead atoms. The molecular weight excluding hydrogens is 376 g/mol. The molecule has 2 aromatic carbocycles. The summed E-state index contributed by atoms with van der Waals surface area (Å²) in [6.45, 7) is 6.51. The van der Waals surface area contributed by atoms with Crippen molar-refractivity contribution in [2.24, 2.45) is 0 Å². The molecule has 2 aromatic heterocycles. The van der Waals surface area contributed by atoms with Crippen molar-refractivity contribution < 1.29 is 4.79 Å². The van der Waals surface area contributed by atoms with Gasteiger partial charge in [0.2, 0.25) is 5.91 Å². The van der Waals surface area contributed by atoms with Crippen LogP contribution in [0.1, 0.15) is 31.4 Å². The van der Waals surface area contributed by atoms with E-state index < -0.39 is 0 Å². The zero-order valence-corrected chi connectivity index (χ0v) is 17.6. The van der Waals surface area contributed by atoms with E-state index in [0.717, 1.165) is 28.3 Å². The highest BCUT2D eigenvalue weighted by Gasteiger charge is 2.18. The number of hydrogen-bond donors (Lipinski definition) is 1. The maximum Gasteiger partial charge on any atom is 0.291 e. The Hall–Kier alpha value is -3.41. The zero-order chi connectivity index (χ0) is 21.3. The Morgan fingerprint density at radius 1 is 1.10 bits per heavy atom. The number of nitrogens with zero attached hydrogens (tertiary/aromatic N) is 3. The van der Waals surface area contributed by atoms with Crippen LogP contribution in [0.4, 0.5) is 0 Å². The number of aromatic nitrogens is 3. The molecule has 0 radical (unpaired) electrons. The largest absolute Gasteiger partial charge is 0.352 e. The Morgan fingerprint density at radius 2 is 1.83 bits per heavy atom. The quantitative estimate of drug-likeness (QED) is 0.536. The first kappa shape index (κ1) is 19.9. The second kappa shape index (κ2) is 8.14. The fourth-order valence-corrected chi connectivity index (χ4v) is 3.79. The van der Waals surface area contributed by atoms with Crippen molar-refractivity contribution in [2.75, 3.05) is 0 Å². The predicted molar refractivity (Wildman–Crippen MR) is 120 cm³/mol. The molecule has 6 heteroatoms. The molecular formula is C24H26N4O2. The van der Waals surface area contributed by atoms with E-state index in [2.05, 4.69) is 29.5 Å². The van der Waals surface area contributed by atoms with E-state index in [0.29, 0.717) is 12.1 Å². The van der Waals surface area contributed by atoms with Crippen LogP contribution >= 0.6 is 0 Å². The normalized spacial score (nSPS) is 12.4. The van der Waals surface area contributed by atoms with Crippen molar-refractivity contribution in [1.29, 1.82) is 0 Å². The minimum Gasteiger partial charge on any atom is -0.352 e. The minimum absolute atomic E-state index is 0.0597. The van der Waals surface area contributed by atoms with E-state index in [9.17, 15) is 9.59 Å². The summed E-state index contributed by atoms with van der Waals surface area (Å²) >= 11 is 0. The van der Waals surface area contributed by atoms with Gasteiger partial charge in [0.15, 0.2) is 0 Å². The molecule has 30 heavy (non-hydrogen) atoms. The molecule has 1 amide bonds. The Kier molecular flexibility index (Phi) is 5.40. The van der Waals surface area contributed by atoms with E-state index in [1.54, 1.807) is 6.20 Å². The fourth-order valence-electron chi connectivity index (χ4n) is 3.79. The first-order chi connectivity index (χ1) is 14.5. The molecule has 1 N–H and O–H groups in total. The number of aryl methyl sites for hydroxylation is 1. The van der Waals surface area contributed by atoms with E-state index in [4.69, 9.17) is 0 Å². The summed E-state index contributed by atoms with van der Waals surface area (Å²) in [5.41, 5.74) is 3.63. The Morgan fingerprint density at radius 3 is 2.60 bits per heavy atom. The number of benzene rings is 2. The van der Waals surface area contributed by atoms with Gasteiger partial charge in [0.05, 0.1) is 6.20 Å². The van der Waals surface area contributed by atoms with Crippen LogP contribution in [0.3, 0.4) is 0 Å². The first-order valence-electron chi connectivity index (χ1n) is 10.3. The van der Waals surface area contributed by atoms with Crippen molar-refractivity contribution >= 4 is 27.7 Å². The van der Waals surface area contributed by atoms with Gasteiger partial charge < -0.3 is 9.88 Å². The van der Waals surface area contributed by atoms with Gasteiger partial charge in [0.25, 0.3) is 5.56 Å². The summed E-state index contributed by atoms with van der Waals surface area (Å²) in [6, 6.07) is 16.2. The SMILES string of the molecule is CC[C@@H](C)NC(=O)Cn1ncc2c3ccccc3n(Cc3ccccc3C)c2c1=O. The molecule has 0 spiro atoms. The summed E-state index contributed by atoms with van der Waals surface area (Å²) in [5.74, 6) is -0.208. The van der Waals surface area contributed by atoms with Gasteiger partial charge in [-0.25, -0.2) is 4.68 Å². The van der Waals surface area contributed by atoms with Gasteiger partial charge in [-0.15, -0.1) is 0 Å². The predicted octanol–water partition coefficient (Wildman–Crippen LogP) is 3.62. The molecule has 2 heterocycles. The number of rotatable bonds is 6. The maximum absolute atomic E-state index is 13.4. The van der Waals surface area contributed by atoms with Crippen molar-refractivity contribution in [2.45, 2.75) is 46.3 Å². The number of fused-ring (bicyclic) bond motifs is 3. The second-order valence-electron chi connectivity index (χ2n) is 7.78. The van der Waals surface area contributed by atoms with Crippen LogP contribution in [-0.2, 0) is 17.9 Å². The maximum atomic E-state index is 13.4.